The molecule has 0 unspecified atom stereocenters. The highest BCUT2D eigenvalue weighted by atomic mass is 32.2. The Bertz CT molecular complexity index is 1420. The van der Waals surface area contributed by atoms with Crippen molar-refractivity contribution in [3.63, 3.8) is 0 Å². The van der Waals surface area contributed by atoms with Gasteiger partial charge in [-0.05, 0) is 38.1 Å². The molecule has 1 aromatic rings. The average molecular weight is 646 g/mol. The Morgan fingerprint density at radius 2 is 1.64 bits per heavy atom. The number of ether oxygens (including phenoxy) is 7. The number of esters is 4. The summed E-state index contributed by atoms with van der Waals surface area (Å²) >= 11 is 1.38. The number of thioether (sulfide) groups is 1. The standard InChI is InChI=1S/C32H39NO11S/c1-15(34)39-14-23-27(40-16(2)35)28(41-17(3)36)29(42-18(4)37)31(43-23)45-24-10-8-20-21-13-19-7-9-22(38-6)26-25(19)32(20,30(24)44-26)11-12-33(21)5/h7-10,20-21,23-24,27-31H,11-14H2,1-6H3/t20-,21+,23+,24+,27+,28-,29+,30-,31-,32-/m0/s1. The fraction of sp³-hybridized carbons (Fsp3) is 0.625. The highest BCUT2D eigenvalue weighted by molar-refractivity contribution is 8.00. The number of benzene rings is 1. The third kappa shape index (κ3) is 5.46. The number of methoxy groups -OCH3 is 1. The van der Waals surface area contributed by atoms with Crippen LogP contribution >= 0.6 is 11.8 Å². The highest BCUT2D eigenvalue weighted by Gasteiger charge is 2.65. The van der Waals surface area contributed by atoms with Crippen molar-refractivity contribution in [2.24, 2.45) is 5.92 Å². The summed E-state index contributed by atoms with van der Waals surface area (Å²) in [7, 11) is 3.81. The van der Waals surface area contributed by atoms with E-state index in [1.807, 2.05) is 6.07 Å². The molecule has 1 aromatic carbocycles. The molecule has 3 aliphatic heterocycles. The summed E-state index contributed by atoms with van der Waals surface area (Å²) in [5.41, 5.74) is 1.25. The Balaban J connectivity index is 1.39. The van der Waals surface area contributed by atoms with Crippen molar-refractivity contribution in [3.8, 4) is 11.5 Å². The van der Waals surface area contributed by atoms with Gasteiger partial charge in [-0.25, -0.2) is 0 Å². The first-order chi connectivity index (χ1) is 21.4. The molecule has 2 saturated heterocycles. The summed E-state index contributed by atoms with van der Waals surface area (Å²) in [6.07, 6.45) is 1.30. The molecule has 5 aliphatic rings. The lowest BCUT2D eigenvalue weighted by Gasteiger charge is -2.57. The first-order valence-corrected chi connectivity index (χ1v) is 16.1. The molecule has 2 bridgehead atoms. The molecule has 2 fully saturated rings. The molecular weight excluding hydrogens is 606 g/mol. The van der Waals surface area contributed by atoms with Gasteiger partial charge in [0, 0.05) is 50.6 Å². The van der Waals surface area contributed by atoms with Crippen LogP contribution < -0.4 is 9.47 Å². The van der Waals surface area contributed by atoms with Crippen LogP contribution in [0.3, 0.4) is 0 Å². The van der Waals surface area contributed by atoms with Gasteiger partial charge in [0.25, 0.3) is 0 Å². The molecule has 0 radical (unpaired) electrons. The maximum Gasteiger partial charge on any atom is 0.303 e. The van der Waals surface area contributed by atoms with E-state index in [2.05, 4.69) is 30.2 Å². The molecular formula is C32H39NO11S. The third-order valence-electron chi connectivity index (χ3n) is 9.57. The molecule has 10 atom stereocenters. The fourth-order valence-electron chi connectivity index (χ4n) is 7.94. The fourth-order valence-corrected chi connectivity index (χ4v) is 9.44. The van der Waals surface area contributed by atoms with Crippen molar-refractivity contribution in [2.45, 2.75) is 93.2 Å². The molecule has 0 saturated carbocycles. The van der Waals surface area contributed by atoms with Gasteiger partial charge >= 0.3 is 23.9 Å². The minimum Gasteiger partial charge on any atom is -0.493 e. The predicted molar refractivity (Wildman–Crippen MR) is 160 cm³/mol. The van der Waals surface area contributed by atoms with Gasteiger partial charge in [0.1, 0.15) is 24.3 Å². The Kier molecular flexibility index (Phi) is 8.55. The summed E-state index contributed by atoms with van der Waals surface area (Å²) in [5.74, 6) is -0.861. The Labute approximate surface area is 266 Å². The smallest absolute Gasteiger partial charge is 0.303 e. The van der Waals surface area contributed by atoms with Gasteiger partial charge in [-0.15, -0.1) is 11.8 Å². The SMILES string of the molecule is COc1ccc2c3c1O[C@H]1[C@H](S[C@@H]4O[C@H](COC(C)=O)[C@@H](OC(C)=O)[C@H](OC(C)=O)[C@H]4OC(C)=O)C=C[C@H]4[C@@H](C2)N(C)CC[C@@]341. The predicted octanol–water partition coefficient (Wildman–Crippen LogP) is 2.33. The zero-order chi connectivity index (χ0) is 32.2. The van der Waals surface area contributed by atoms with Crippen LogP contribution in [0, 0.1) is 5.92 Å². The van der Waals surface area contributed by atoms with Crippen molar-refractivity contribution in [1.82, 2.24) is 4.90 Å². The van der Waals surface area contributed by atoms with E-state index in [-0.39, 0.29) is 29.3 Å². The minimum absolute atomic E-state index is 0.217. The monoisotopic (exact) mass is 645 g/mol. The van der Waals surface area contributed by atoms with E-state index >= 15 is 0 Å². The van der Waals surface area contributed by atoms with Crippen LogP contribution in [-0.4, -0.2) is 103 Å². The van der Waals surface area contributed by atoms with E-state index < -0.39 is 53.7 Å². The molecule has 3 heterocycles. The Hall–Kier alpha value is -3.29. The van der Waals surface area contributed by atoms with Crippen LogP contribution in [0.5, 0.6) is 11.5 Å². The zero-order valence-corrected chi connectivity index (χ0v) is 27.0. The molecule has 0 aromatic heterocycles. The molecule has 0 amide bonds. The molecule has 2 aliphatic carbocycles. The largest absolute Gasteiger partial charge is 0.493 e. The van der Waals surface area contributed by atoms with Crippen molar-refractivity contribution < 1.29 is 52.3 Å². The van der Waals surface area contributed by atoms with Crippen molar-refractivity contribution in [3.05, 3.63) is 35.4 Å². The minimum atomic E-state index is -1.23. The second-order valence-electron chi connectivity index (χ2n) is 12.3. The summed E-state index contributed by atoms with van der Waals surface area (Å²) in [6.45, 7) is 5.54. The van der Waals surface area contributed by atoms with Crippen LogP contribution in [0.4, 0.5) is 0 Å². The number of carbonyl (C=O) groups is 4. The van der Waals surface area contributed by atoms with Crippen LogP contribution in [-0.2, 0) is 54.7 Å². The number of likely N-dealkylation sites (N-methyl/N-ethyl adjacent to an activating group) is 1. The zero-order valence-electron chi connectivity index (χ0n) is 26.2. The van der Waals surface area contributed by atoms with Crippen LogP contribution in [0.15, 0.2) is 24.3 Å². The maximum atomic E-state index is 12.4. The molecule has 0 N–H and O–H groups in total. The van der Waals surface area contributed by atoms with Gasteiger partial charge in [-0.1, -0.05) is 18.2 Å². The van der Waals surface area contributed by atoms with E-state index in [1.54, 1.807) is 7.11 Å². The summed E-state index contributed by atoms with van der Waals surface area (Å²) < 4.78 is 41.3. The molecule has 12 nitrogen and oxygen atoms in total. The third-order valence-corrected chi connectivity index (χ3v) is 10.9. The van der Waals surface area contributed by atoms with Crippen LogP contribution in [0.2, 0.25) is 0 Å². The molecule has 13 heteroatoms. The Morgan fingerprint density at radius 3 is 2.31 bits per heavy atom. The summed E-state index contributed by atoms with van der Waals surface area (Å²) in [6, 6.07) is 4.42. The molecule has 244 valence electrons. The second kappa shape index (κ2) is 12.1. The topological polar surface area (TPSA) is 136 Å². The van der Waals surface area contributed by atoms with Gasteiger partial charge in [0.15, 0.2) is 29.8 Å². The van der Waals surface area contributed by atoms with Crippen molar-refractivity contribution in [2.75, 3.05) is 27.3 Å². The van der Waals surface area contributed by atoms with E-state index in [4.69, 9.17) is 33.2 Å². The molecule has 6 rings (SSSR count). The average Bonchev–Trinajstić information content (AvgIpc) is 3.32. The summed E-state index contributed by atoms with van der Waals surface area (Å²) in [5, 5.41) is -0.283. The van der Waals surface area contributed by atoms with Gasteiger partial charge in [0.2, 0.25) is 0 Å². The van der Waals surface area contributed by atoms with Crippen molar-refractivity contribution in [1.29, 1.82) is 0 Å². The first-order valence-electron chi connectivity index (χ1n) is 15.2. The second-order valence-corrected chi connectivity index (χ2v) is 13.6. The molecule has 1 spiro atoms. The quantitative estimate of drug-likeness (QED) is 0.233. The van der Waals surface area contributed by atoms with Crippen LogP contribution in [0.1, 0.15) is 45.2 Å². The number of hydrogen-bond donors (Lipinski definition) is 0. The number of carbonyl (C=O) groups excluding carboxylic acids is 4. The number of rotatable bonds is 8. The van der Waals surface area contributed by atoms with E-state index in [0.29, 0.717) is 11.8 Å². The number of nitrogens with zero attached hydrogens (tertiary/aromatic N) is 1. The Morgan fingerprint density at radius 1 is 0.956 bits per heavy atom. The van der Waals surface area contributed by atoms with Crippen molar-refractivity contribution >= 4 is 35.6 Å². The van der Waals surface area contributed by atoms with E-state index in [9.17, 15) is 19.2 Å². The van der Waals surface area contributed by atoms with Gasteiger partial charge in [-0.2, -0.15) is 0 Å². The lowest BCUT2D eigenvalue weighted by Crippen LogP contribution is -2.65. The number of hydrogen-bond acceptors (Lipinski definition) is 13. The van der Waals surface area contributed by atoms with E-state index in [0.717, 1.165) is 25.1 Å². The van der Waals surface area contributed by atoms with E-state index in [1.165, 1.54) is 50.6 Å². The maximum absolute atomic E-state index is 12.4. The van der Waals surface area contributed by atoms with Crippen LogP contribution in [0.25, 0.3) is 0 Å². The lowest BCUT2D eigenvalue weighted by molar-refractivity contribution is -0.237. The number of likely N-dealkylation sites (tertiary alicyclic amines) is 1. The van der Waals surface area contributed by atoms with Gasteiger partial charge in [-0.3, -0.25) is 19.2 Å². The van der Waals surface area contributed by atoms with Gasteiger partial charge in [0.05, 0.1) is 12.4 Å². The lowest BCUT2D eigenvalue weighted by atomic mass is 9.53. The summed E-state index contributed by atoms with van der Waals surface area (Å²) in [4.78, 5) is 51.1. The number of piperidine rings is 1. The highest BCUT2D eigenvalue weighted by Crippen LogP contribution is 2.63. The molecule has 45 heavy (non-hydrogen) atoms. The first kappa shape index (κ1) is 31.7. The van der Waals surface area contributed by atoms with Gasteiger partial charge < -0.3 is 38.1 Å². The normalized spacial score (nSPS) is 35.8.